The van der Waals surface area contributed by atoms with Crippen LogP contribution in [-0.4, -0.2) is 8.97 Å². The lowest BCUT2D eigenvalue weighted by atomic mass is 9.56. The van der Waals surface area contributed by atoms with Crippen LogP contribution < -0.4 is 0 Å². The van der Waals surface area contributed by atoms with Crippen LogP contribution in [0, 0.1) is 51.7 Å². The van der Waals surface area contributed by atoms with Crippen LogP contribution in [0.2, 0.25) is 0 Å². The molecule has 0 saturated heterocycles. The van der Waals surface area contributed by atoms with Crippen molar-refractivity contribution in [3.05, 3.63) is 130 Å². The Balaban J connectivity index is 1.10. The van der Waals surface area contributed by atoms with E-state index in [0.29, 0.717) is 29.1 Å². The Labute approximate surface area is 354 Å². The topological polar surface area (TPSA) is 56.9 Å². The zero-order valence-electron chi connectivity index (χ0n) is 34.2. The van der Waals surface area contributed by atoms with Gasteiger partial charge in [-0.05, 0) is 187 Å². The predicted octanol–water partition coefficient (Wildman–Crippen LogP) is 14.1. The number of aromatic nitrogens is 2. The van der Waals surface area contributed by atoms with E-state index >= 15 is 0 Å². The molecule has 4 nitrogen and oxygen atoms in total. The van der Waals surface area contributed by atoms with Crippen molar-refractivity contribution >= 4 is 59.9 Å². The molecule has 1 spiro atoms. The Kier molecular flexibility index (Phi) is 5.81. The van der Waals surface area contributed by atoms with Crippen LogP contribution in [0.3, 0.4) is 0 Å². The SMILES string of the molecule is N#Cc1cc2c(c3c1C1CC4CC(C1)CC3C4)c1cc(-c3cccc4c5ccccc5n(-c5ccccc5)c34)cc3c4c5c(c(C#N)cc4n2c13)C1CC2CC3CC5CC23C1. The number of nitriles is 2. The van der Waals surface area contributed by atoms with Crippen LogP contribution in [0.5, 0.6) is 0 Å². The molecule has 6 aromatic carbocycles. The average Bonchev–Trinajstić information content (AvgIpc) is 4.01. The summed E-state index contributed by atoms with van der Waals surface area (Å²) in [4.78, 5) is 0. The molecule has 0 aliphatic heterocycles. The molecule has 8 aliphatic rings. The minimum Gasteiger partial charge on any atom is -0.309 e. The Morgan fingerprint density at radius 1 is 0.492 bits per heavy atom. The van der Waals surface area contributed by atoms with Gasteiger partial charge in [0.2, 0.25) is 0 Å². The molecule has 9 aromatic rings. The van der Waals surface area contributed by atoms with Gasteiger partial charge in [-0.2, -0.15) is 10.5 Å². The molecule has 3 aromatic heterocycles. The molecular formula is C57H44N4. The second-order valence-electron chi connectivity index (χ2n) is 21.1. The van der Waals surface area contributed by atoms with E-state index in [4.69, 9.17) is 0 Å². The average molecular weight is 785 g/mol. The Morgan fingerprint density at radius 3 is 1.77 bits per heavy atom. The van der Waals surface area contributed by atoms with Gasteiger partial charge in [0.1, 0.15) is 0 Å². The number of hydrogen-bond acceptors (Lipinski definition) is 2. The third-order valence-electron chi connectivity index (χ3n) is 18.7. The highest BCUT2D eigenvalue weighted by atomic mass is 15.0. The van der Waals surface area contributed by atoms with Crippen molar-refractivity contribution < 1.29 is 0 Å². The fourth-order valence-electron chi connectivity index (χ4n) is 17.1. The highest BCUT2D eigenvalue weighted by Crippen LogP contribution is 2.77. The third kappa shape index (κ3) is 3.74. The van der Waals surface area contributed by atoms with Crippen molar-refractivity contribution in [1.29, 1.82) is 10.5 Å². The third-order valence-corrected chi connectivity index (χ3v) is 18.7. The van der Waals surface area contributed by atoms with E-state index < -0.39 is 0 Å². The van der Waals surface area contributed by atoms with Crippen molar-refractivity contribution in [3.63, 3.8) is 0 Å². The summed E-state index contributed by atoms with van der Waals surface area (Å²) in [5.41, 5.74) is 17.9. The predicted molar refractivity (Wildman–Crippen MR) is 244 cm³/mol. The van der Waals surface area contributed by atoms with Crippen molar-refractivity contribution in [2.24, 2.45) is 29.1 Å². The number of nitrogens with zero attached hydrogens (tertiary/aromatic N) is 4. The van der Waals surface area contributed by atoms with Crippen LogP contribution in [0.4, 0.5) is 0 Å². The van der Waals surface area contributed by atoms with Gasteiger partial charge in [-0.3, -0.25) is 0 Å². The fourth-order valence-corrected chi connectivity index (χ4v) is 17.1. The summed E-state index contributed by atoms with van der Waals surface area (Å²) in [6, 6.07) is 42.1. The molecule has 4 heteroatoms. The molecule has 5 saturated carbocycles. The molecule has 61 heavy (non-hydrogen) atoms. The van der Waals surface area contributed by atoms with Gasteiger partial charge in [0.05, 0.1) is 50.8 Å². The minimum atomic E-state index is 0.467. The first-order chi connectivity index (χ1) is 30.1. The van der Waals surface area contributed by atoms with Crippen molar-refractivity contribution in [2.45, 2.75) is 87.9 Å². The number of benzene rings is 6. The normalized spacial score (nSPS) is 30.0. The zero-order chi connectivity index (χ0) is 39.6. The Morgan fingerprint density at radius 2 is 1.08 bits per heavy atom. The van der Waals surface area contributed by atoms with Crippen LogP contribution in [0.25, 0.3) is 76.7 Å². The molecule has 5 fully saturated rings. The van der Waals surface area contributed by atoms with Crippen LogP contribution >= 0.6 is 0 Å². The molecule has 0 N–H and O–H groups in total. The monoisotopic (exact) mass is 784 g/mol. The number of fused-ring (bicyclic) bond motifs is 15. The van der Waals surface area contributed by atoms with Gasteiger partial charge < -0.3 is 8.97 Å². The first-order valence-corrected chi connectivity index (χ1v) is 23.4. The van der Waals surface area contributed by atoms with Crippen molar-refractivity contribution in [1.82, 2.24) is 8.97 Å². The first-order valence-electron chi connectivity index (χ1n) is 23.4. The summed E-state index contributed by atoms with van der Waals surface area (Å²) in [6.07, 6.45) is 12.8. The number of para-hydroxylation sites is 3. The van der Waals surface area contributed by atoms with Gasteiger partial charge >= 0.3 is 0 Å². The van der Waals surface area contributed by atoms with E-state index in [0.717, 1.165) is 34.8 Å². The summed E-state index contributed by atoms with van der Waals surface area (Å²) in [7, 11) is 0. The Hall–Kier alpha value is -6.10. The van der Waals surface area contributed by atoms with Crippen LogP contribution in [0.1, 0.15) is 121 Å². The maximum absolute atomic E-state index is 11.1. The van der Waals surface area contributed by atoms with Crippen LogP contribution in [-0.2, 0) is 0 Å². The molecule has 3 heterocycles. The number of rotatable bonds is 2. The van der Waals surface area contributed by atoms with Gasteiger partial charge in [0.15, 0.2) is 0 Å². The standard InChI is InChI=1S/C57H44N4/c58-27-36-22-47-53(51-33-16-29-13-30(17-33)15-32(14-29)49(36)51)44-20-31(41-10-6-11-43-42-9-4-5-12-46(42)60(55(41)43)40-7-2-1-3-8-40)21-45-54-48(61(47)56(44)45)23-37(28-59)50-34-18-38-24-39-19-35(52(50)54)26-57(38,39)25-34/h1-12,20-23,29-30,32-35,38-39H,13-19,24-26H2. The van der Waals surface area contributed by atoms with Gasteiger partial charge in [-0.15, -0.1) is 0 Å². The highest BCUT2D eigenvalue weighted by molar-refractivity contribution is 6.27. The largest absolute Gasteiger partial charge is 0.309 e. The molecule has 17 rings (SSSR count). The summed E-state index contributed by atoms with van der Waals surface area (Å²) in [5.74, 6) is 5.12. The molecule has 7 bridgehead atoms. The lowest BCUT2D eigenvalue weighted by Crippen LogP contribution is -2.41. The maximum atomic E-state index is 11.1. The van der Waals surface area contributed by atoms with E-state index in [1.54, 1.807) is 0 Å². The molecule has 7 atom stereocenters. The molecule has 292 valence electrons. The molecule has 8 aliphatic carbocycles. The second-order valence-corrected chi connectivity index (χ2v) is 21.1. The molecule has 0 radical (unpaired) electrons. The van der Waals surface area contributed by atoms with Crippen molar-refractivity contribution in [3.8, 4) is 29.0 Å². The smallest absolute Gasteiger partial charge is 0.0995 e. The Bertz CT molecular complexity index is 3570. The van der Waals surface area contributed by atoms with E-state index in [1.807, 2.05) is 0 Å². The zero-order valence-corrected chi connectivity index (χ0v) is 34.2. The van der Waals surface area contributed by atoms with Gasteiger partial charge in [-0.25, -0.2) is 0 Å². The van der Waals surface area contributed by atoms with Gasteiger partial charge in [0, 0.05) is 43.6 Å². The molecular weight excluding hydrogens is 741 g/mol. The minimum absolute atomic E-state index is 0.467. The van der Waals surface area contributed by atoms with Crippen molar-refractivity contribution in [2.75, 3.05) is 0 Å². The van der Waals surface area contributed by atoms with E-state index in [1.165, 1.54) is 163 Å². The second kappa shape index (κ2) is 10.9. The molecule has 7 unspecified atom stereocenters. The molecule has 0 amide bonds. The van der Waals surface area contributed by atoms with Gasteiger partial charge in [-0.1, -0.05) is 54.6 Å². The highest BCUT2D eigenvalue weighted by Gasteiger charge is 2.66. The van der Waals surface area contributed by atoms with E-state index in [2.05, 4.69) is 118 Å². The van der Waals surface area contributed by atoms with E-state index in [-0.39, 0.29) is 0 Å². The van der Waals surface area contributed by atoms with E-state index in [9.17, 15) is 10.5 Å². The summed E-state index contributed by atoms with van der Waals surface area (Å²) < 4.78 is 5.06. The number of hydrogen-bond donors (Lipinski definition) is 0. The van der Waals surface area contributed by atoms with Crippen LogP contribution in [0.15, 0.2) is 97.1 Å². The van der Waals surface area contributed by atoms with Gasteiger partial charge in [0.25, 0.3) is 0 Å². The fraction of sp³-hybridized carbons (Fsp3) is 0.333. The summed E-state index contributed by atoms with van der Waals surface area (Å²) >= 11 is 0. The first kappa shape index (κ1) is 32.6. The lowest BCUT2D eigenvalue weighted by molar-refractivity contribution is 0.00322. The summed E-state index contributed by atoms with van der Waals surface area (Å²) in [5, 5.41) is 30.2. The summed E-state index contributed by atoms with van der Waals surface area (Å²) in [6.45, 7) is 0. The lowest BCUT2D eigenvalue weighted by Gasteiger charge is -2.48. The quantitative estimate of drug-likeness (QED) is 0.175. The maximum Gasteiger partial charge on any atom is 0.0995 e.